The van der Waals surface area contributed by atoms with Gasteiger partial charge in [-0.3, -0.25) is 4.79 Å². The number of amides is 1. The molecule has 104 valence electrons. The van der Waals surface area contributed by atoms with Gasteiger partial charge in [0.1, 0.15) is 5.75 Å². The highest BCUT2D eigenvalue weighted by atomic mass is 16.5. The highest BCUT2D eigenvalue weighted by Gasteiger charge is 2.12. The Labute approximate surface area is 118 Å². The molecule has 0 saturated heterocycles. The molecule has 4 nitrogen and oxygen atoms in total. The van der Waals surface area contributed by atoms with Gasteiger partial charge >= 0.3 is 0 Å². The normalized spacial score (nSPS) is 10.2. The molecular weight excluding hydrogens is 252 g/mol. The predicted octanol–water partition coefficient (Wildman–Crippen LogP) is 3.15. The molecule has 0 aliphatic heterocycles. The van der Waals surface area contributed by atoms with E-state index in [4.69, 9.17) is 10.5 Å². The Balaban J connectivity index is 2.26. The van der Waals surface area contributed by atoms with E-state index in [0.717, 1.165) is 11.1 Å². The number of hydrogen-bond donors (Lipinski definition) is 2. The summed E-state index contributed by atoms with van der Waals surface area (Å²) in [6.45, 7) is 3.91. The number of rotatable bonds is 3. The molecular formula is C16H18N2O2. The molecule has 4 heteroatoms. The van der Waals surface area contributed by atoms with Crippen LogP contribution in [0.15, 0.2) is 36.4 Å². The molecule has 0 bridgehead atoms. The Morgan fingerprint density at radius 1 is 1.20 bits per heavy atom. The lowest BCUT2D eigenvalue weighted by Crippen LogP contribution is -2.15. The van der Waals surface area contributed by atoms with E-state index in [2.05, 4.69) is 5.32 Å². The van der Waals surface area contributed by atoms with Crippen LogP contribution in [0.4, 0.5) is 11.4 Å². The Hall–Kier alpha value is -2.49. The van der Waals surface area contributed by atoms with Gasteiger partial charge in [-0.15, -0.1) is 0 Å². The average molecular weight is 270 g/mol. The Morgan fingerprint density at radius 2 is 1.95 bits per heavy atom. The summed E-state index contributed by atoms with van der Waals surface area (Å²) in [4.78, 5) is 12.3. The first-order valence-electron chi connectivity index (χ1n) is 6.34. The first-order chi connectivity index (χ1) is 9.52. The minimum Gasteiger partial charge on any atom is -0.497 e. The van der Waals surface area contributed by atoms with Gasteiger partial charge in [0.25, 0.3) is 5.91 Å². The number of nitrogen functional groups attached to an aromatic ring is 1. The van der Waals surface area contributed by atoms with Crippen LogP contribution in [-0.4, -0.2) is 13.0 Å². The number of methoxy groups -OCH3 is 1. The second-order valence-electron chi connectivity index (χ2n) is 4.65. The van der Waals surface area contributed by atoms with Gasteiger partial charge in [0, 0.05) is 11.6 Å². The van der Waals surface area contributed by atoms with Crippen molar-refractivity contribution in [3.63, 3.8) is 0 Å². The average Bonchev–Trinajstić information content (AvgIpc) is 2.44. The Bertz CT molecular complexity index is 651. The highest BCUT2D eigenvalue weighted by molar-refractivity contribution is 6.06. The molecule has 2 rings (SSSR count). The molecule has 0 heterocycles. The van der Waals surface area contributed by atoms with Gasteiger partial charge in [0.2, 0.25) is 0 Å². The van der Waals surface area contributed by atoms with Crippen molar-refractivity contribution in [1.82, 2.24) is 0 Å². The van der Waals surface area contributed by atoms with E-state index in [1.54, 1.807) is 31.4 Å². The summed E-state index contributed by atoms with van der Waals surface area (Å²) in [5.41, 5.74) is 9.66. The monoisotopic (exact) mass is 270 g/mol. The molecule has 0 unspecified atom stereocenters. The predicted molar refractivity (Wildman–Crippen MR) is 81.3 cm³/mol. The van der Waals surface area contributed by atoms with Crippen LogP contribution in [0, 0.1) is 13.8 Å². The number of hydrogen-bond acceptors (Lipinski definition) is 3. The smallest absolute Gasteiger partial charge is 0.255 e. The number of anilines is 2. The largest absolute Gasteiger partial charge is 0.497 e. The lowest BCUT2D eigenvalue weighted by molar-refractivity contribution is 0.102. The zero-order chi connectivity index (χ0) is 14.7. The SMILES string of the molecule is COc1ccc(NC(=O)c2cccc(C)c2C)c(N)c1. The third kappa shape index (κ3) is 2.74. The van der Waals surface area contributed by atoms with E-state index in [1.807, 2.05) is 26.0 Å². The second-order valence-corrected chi connectivity index (χ2v) is 4.65. The molecule has 0 radical (unpaired) electrons. The van der Waals surface area contributed by atoms with Crippen molar-refractivity contribution < 1.29 is 9.53 Å². The van der Waals surface area contributed by atoms with Crippen molar-refractivity contribution in [2.75, 3.05) is 18.2 Å². The molecule has 0 aromatic heterocycles. The van der Waals surface area contributed by atoms with Crippen LogP contribution in [0.5, 0.6) is 5.75 Å². The molecule has 0 aliphatic rings. The van der Waals surface area contributed by atoms with Crippen molar-refractivity contribution in [3.05, 3.63) is 53.1 Å². The summed E-state index contributed by atoms with van der Waals surface area (Å²) in [5, 5.41) is 2.83. The minimum absolute atomic E-state index is 0.164. The molecule has 0 saturated carbocycles. The van der Waals surface area contributed by atoms with Gasteiger partial charge in [-0.05, 0) is 43.2 Å². The summed E-state index contributed by atoms with van der Waals surface area (Å²) >= 11 is 0. The maximum absolute atomic E-state index is 12.3. The Morgan fingerprint density at radius 3 is 2.60 bits per heavy atom. The quantitative estimate of drug-likeness (QED) is 0.842. The van der Waals surface area contributed by atoms with Gasteiger partial charge in [-0.25, -0.2) is 0 Å². The van der Waals surface area contributed by atoms with Crippen LogP contribution >= 0.6 is 0 Å². The zero-order valence-electron chi connectivity index (χ0n) is 11.9. The van der Waals surface area contributed by atoms with Crippen LogP contribution in [0.1, 0.15) is 21.5 Å². The molecule has 1 amide bonds. The highest BCUT2D eigenvalue weighted by Crippen LogP contribution is 2.25. The lowest BCUT2D eigenvalue weighted by atomic mass is 10.0. The summed E-state index contributed by atoms with van der Waals surface area (Å²) in [6.07, 6.45) is 0. The summed E-state index contributed by atoms with van der Waals surface area (Å²) in [5.74, 6) is 0.496. The van der Waals surface area contributed by atoms with Crippen LogP contribution in [-0.2, 0) is 0 Å². The third-order valence-corrected chi connectivity index (χ3v) is 3.36. The summed E-state index contributed by atoms with van der Waals surface area (Å²) in [6, 6.07) is 10.8. The second kappa shape index (κ2) is 5.65. The van der Waals surface area contributed by atoms with E-state index >= 15 is 0 Å². The maximum Gasteiger partial charge on any atom is 0.255 e. The fraction of sp³-hybridized carbons (Fsp3) is 0.188. The topological polar surface area (TPSA) is 64.3 Å². The van der Waals surface area contributed by atoms with Gasteiger partial charge < -0.3 is 15.8 Å². The minimum atomic E-state index is -0.164. The molecule has 2 aromatic carbocycles. The van der Waals surface area contributed by atoms with Crippen molar-refractivity contribution in [2.24, 2.45) is 0 Å². The van der Waals surface area contributed by atoms with Crippen molar-refractivity contribution >= 4 is 17.3 Å². The molecule has 3 N–H and O–H groups in total. The van der Waals surface area contributed by atoms with Crippen molar-refractivity contribution in [1.29, 1.82) is 0 Å². The molecule has 0 fully saturated rings. The fourth-order valence-electron chi connectivity index (χ4n) is 1.97. The Kier molecular flexibility index (Phi) is 3.94. The van der Waals surface area contributed by atoms with Crippen molar-refractivity contribution in [2.45, 2.75) is 13.8 Å². The number of nitrogens with two attached hydrogens (primary N) is 1. The summed E-state index contributed by atoms with van der Waals surface area (Å²) in [7, 11) is 1.57. The molecule has 0 spiro atoms. The zero-order valence-corrected chi connectivity index (χ0v) is 11.9. The summed E-state index contributed by atoms with van der Waals surface area (Å²) < 4.78 is 5.08. The van der Waals surface area contributed by atoms with E-state index in [1.165, 1.54) is 0 Å². The number of carbonyl (C=O) groups is 1. The van der Waals surface area contributed by atoms with Gasteiger partial charge in [-0.1, -0.05) is 12.1 Å². The van der Waals surface area contributed by atoms with Gasteiger partial charge in [-0.2, -0.15) is 0 Å². The van der Waals surface area contributed by atoms with E-state index < -0.39 is 0 Å². The van der Waals surface area contributed by atoms with Gasteiger partial charge in [0.05, 0.1) is 18.5 Å². The molecule has 0 aliphatic carbocycles. The maximum atomic E-state index is 12.3. The lowest BCUT2D eigenvalue weighted by Gasteiger charge is -2.12. The number of benzene rings is 2. The molecule has 0 atom stereocenters. The van der Waals surface area contributed by atoms with Crippen molar-refractivity contribution in [3.8, 4) is 5.75 Å². The van der Waals surface area contributed by atoms with Gasteiger partial charge in [0.15, 0.2) is 0 Å². The van der Waals surface area contributed by atoms with E-state index in [0.29, 0.717) is 22.7 Å². The number of aryl methyl sites for hydroxylation is 1. The third-order valence-electron chi connectivity index (χ3n) is 3.36. The van der Waals surface area contributed by atoms with Crippen LogP contribution in [0.3, 0.4) is 0 Å². The van der Waals surface area contributed by atoms with Crippen LogP contribution in [0.25, 0.3) is 0 Å². The first-order valence-corrected chi connectivity index (χ1v) is 6.34. The number of carbonyl (C=O) groups excluding carboxylic acids is 1. The molecule has 20 heavy (non-hydrogen) atoms. The van der Waals surface area contributed by atoms with E-state index in [9.17, 15) is 4.79 Å². The first kappa shape index (κ1) is 13.9. The van der Waals surface area contributed by atoms with E-state index in [-0.39, 0.29) is 5.91 Å². The van der Waals surface area contributed by atoms with Crippen LogP contribution < -0.4 is 15.8 Å². The number of ether oxygens (including phenoxy) is 1. The fourth-order valence-corrected chi connectivity index (χ4v) is 1.97. The number of nitrogens with one attached hydrogen (secondary N) is 1. The molecule has 2 aromatic rings. The van der Waals surface area contributed by atoms with Crippen LogP contribution in [0.2, 0.25) is 0 Å². The standard InChI is InChI=1S/C16H18N2O2/c1-10-5-4-6-13(11(10)2)16(19)18-15-8-7-12(20-3)9-14(15)17/h4-9H,17H2,1-3H3,(H,18,19).